The molecule has 4 rings (SSSR count). The number of hydrogen-bond acceptors (Lipinski definition) is 5. The SMILES string of the molecule is CC(C)N1CCC(c2cncc(N3C(=O)OC[C@H]3Cc3ccccc3)n2)CC1. The summed E-state index contributed by atoms with van der Waals surface area (Å²) in [6.45, 7) is 7.03. The van der Waals surface area contributed by atoms with Gasteiger partial charge in [-0.2, -0.15) is 0 Å². The molecule has 2 aliphatic heterocycles. The molecule has 6 nitrogen and oxygen atoms in total. The number of ether oxygens (including phenoxy) is 1. The smallest absolute Gasteiger partial charge is 0.415 e. The number of aromatic nitrogens is 2. The van der Waals surface area contributed by atoms with E-state index < -0.39 is 0 Å². The molecule has 2 saturated heterocycles. The summed E-state index contributed by atoms with van der Waals surface area (Å²) in [4.78, 5) is 25.8. The van der Waals surface area contributed by atoms with Gasteiger partial charge in [0.25, 0.3) is 0 Å². The van der Waals surface area contributed by atoms with Gasteiger partial charge in [-0.1, -0.05) is 30.3 Å². The van der Waals surface area contributed by atoms with Gasteiger partial charge in [0.1, 0.15) is 6.61 Å². The third kappa shape index (κ3) is 4.02. The number of benzene rings is 1. The Morgan fingerprint density at radius 2 is 1.89 bits per heavy atom. The molecule has 148 valence electrons. The maximum Gasteiger partial charge on any atom is 0.415 e. The van der Waals surface area contributed by atoms with E-state index in [1.54, 1.807) is 11.1 Å². The predicted octanol–water partition coefficient (Wildman–Crippen LogP) is 3.63. The normalized spacial score (nSPS) is 21.3. The number of likely N-dealkylation sites (tertiary alicyclic amines) is 1. The van der Waals surface area contributed by atoms with E-state index in [0.717, 1.165) is 38.0 Å². The Bertz CT molecular complexity index is 803. The maximum absolute atomic E-state index is 12.4. The van der Waals surface area contributed by atoms with Crippen LogP contribution in [0, 0.1) is 0 Å². The second-order valence-electron chi connectivity index (χ2n) is 8.00. The first-order valence-electron chi connectivity index (χ1n) is 10.2. The molecule has 0 aliphatic carbocycles. The van der Waals surface area contributed by atoms with Crippen molar-refractivity contribution in [1.29, 1.82) is 0 Å². The van der Waals surface area contributed by atoms with Gasteiger partial charge in [-0.05, 0) is 51.8 Å². The lowest BCUT2D eigenvalue weighted by Gasteiger charge is -2.34. The maximum atomic E-state index is 12.4. The molecule has 0 unspecified atom stereocenters. The van der Waals surface area contributed by atoms with E-state index in [1.807, 2.05) is 24.4 Å². The zero-order valence-electron chi connectivity index (χ0n) is 16.6. The molecule has 2 aliphatic rings. The van der Waals surface area contributed by atoms with E-state index in [1.165, 1.54) is 5.56 Å². The molecule has 1 atom stereocenters. The average Bonchev–Trinajstić information content (AvgIpc) is 3.09. The minimum atomic E-state index is -0.331. The molecule has 2 fully saturated rings. The van der Waals surface area contributed by atoms with Gasteiger partial charge >= 0.3 is 6.09 Å². The minimum Gasteiger partial charge on any atom is -0.447 e. The molecule has 0 saturated carbocycles. The molecule has 2 aromatic rings. The highest BCUT2D eigenvalue weighted by Crippen LogP contribution is 2.30. The van der Waals surface area contributed by atoms with E-state index in [0.29, 0.717) is 24.4 Å². The monoisotopic (exact) mass is 380 g/mol. The Labute approximate surface area is 166 Å². The van der Waals surface area contributed by atoms with Crippen molar-refractivity contribution in [2.75, 3.05) is 24.6 Å². The van der Waals surface area contributed by atoms with Crippen molar-refractivity contribution in [1.82, 2.24) is 14.9 Å². The van der Waals surface area contributed by atoms with E-state index in [2.05, 4.69) is 35.9 Å². The van der Waals surface area contributed by atoms with Crippen LogP contribution in [0.2, 0.25) is 0 Å². The van der Waals surface area contributed by atoms with Crippen LogP contribution in [0.15, 0.2) is 42.7 Å². The minimum absolute atomic E-state index is 0.0535. The molecule has 0 bridgehead atoms. The van der Waals surface area contributed by atoms with Crippen LogP contribution in [-0.4, -0.2) is 52.7 Å². The molecule has 1 aromatic carbocycles. The Kier molecular flexibility index (Phi) is 5.57. The van der Waals surface area contributed by atoms with Crippen molar-refractivity contribution >= 4 is 11.9 Å². The van der Waals surface area contributed by atoms with Crippen LogP contribution in [0.1, 0.15) is 43.9 Å². The highest BCUT2D eigenvalue weighted by Gasteiger charge is 2.36. The number of nitrogens with zero attached hydrogens (tertiary/aromatic N) is 4. The van der Waals surface area contributed by atoms with Gasteiger partial charge in [0.15, 0.2) is 5.82 Å². The number of carbonyl (C=O) groups excluding carboxylic acids is 1. The molecule has 1 amide bonds. The van der Waals surface area contributed by atoms with Gasteiger partial charge in [0.2, 0.25) is 0 Å². The van der Waals surface area contributed by atoms with E-state index >= 15 is 0 Å². The van der Waals surface area contributed by atoms with Gasteiger partial charge in [0.05, 0.1) is 17.9 Å². The van der Waals surface area contributed by atoms with E-state index in [-0.39, 0.29) is 12.1 Å². The number of anilines is 1. The van der Waals surface area contributed by atoms with Crippen molar-refractivity contribution in [3.05, 3.63) is 54.0 Å². The molecule has 0 N–H and O–H groups in total. The molecular weight excluding hydrogens is 352 g/mol. The van der Waals surface area contributed by atoms with Gasteiger partial charge in [0, 0.05) is 18.2 Å². The third-order valence-electron chi connectivity index (χ3n) is 5.84. The van der Waals surface area contributed by atoms with Gasteiger partial charge < -0.3 is 9.64 Å². The predicted molar refractivity (Wildman–Crippen MR) is 108 cm³/mol. The molecule has 1 aromatic heterocycles. The fraction of sp³-hybridized carbons (Fsp3) is 0.500. The van der Waals surface area contributed by atoms with Crippen LogP contribution in [0.5, 0.6) is 0 Å². The van der Waals surface area contributed by atoms with Crippen molar-refractivity contribution in [3.63, 3.8) is 0 Å². The summed E-state index contributed by atoms with van der Waals surface area (Å²) in [6, 6.07) is 10.7. The quantitative estimate of drug-likeness (QED) is 0.793. The Morgan fingerprint density at radius 3 is 2.61 bits per heavy atom. The lowest BCUT2D eigenvalue weighted by Crippen LogP contribution is -2.38. The van der Waals surface area contributed by atoms with Crippen molar-refractivity contribution in [2.24, 2.45) is 0 Å². The summed E-state index contributed by atoms with van der Waals surface area (Å²) >= 11 is 0. The van der Waals surface area contributed by atoms with Crippen molar-refractivity contribution < 1.29 is 9.53 Å². The number of piperidine rings is 1. The van der Waals surface area contributed by atoms with Crippen LogP contribution < -0.4 is 4.90 Å². The Hall–Kier alpha value is -2.47. The molecular formula is C22H28N4O2. The summed E-state index contributed by atoms with van der Waals surface area (Å²) in [5, 5.41) is 0. The van der Waals surface area contributed by atoms with Crippen LogP contribution in [-0.2, 0) is 11.2 Å². The Morgan fingerprint density at radius 1 is 1.14 bits per heavy atom. The number of rotatable bonds is 5. The second-order valence-corrected chi connectivity index (χ2v) is 8.00. The van der Waals surface area contributed by atoms with Crippen LogP contribution in [0.3, 0.4) is 0 Å². The third-order valence-corrected chi connectivity index (χ3v) is 5.84. The van der Waals surface area contributed by atoms with Crippen LogP contribution >= 0.6 is 0 Å². The summed E-state index contributed by atoms with van der Waals surface area (Å²) in [7, 11) is 0. The summed E-state index contributed by atoms with van der Waals surface area (Å²) in [5.41, 5.74) is 2.17. The lowest BCUT2D eigenvalue weighted by atomic mass is 9.93. The first-order valence-corrected chi connectivity index (χ1v) is 10.2. The number of hydrogen-bond donors (Lipinski definition) is 0. The summed E-state index contributed by atoms with van der Waals surface area (Å²) in [5.74, 6) is 1.00. The van der Waals surface area contributed by atoms with Crippen molar-refractivity contribution in [2.45, 2.75) is 51.1 Å². The van der Waals surface area contributed by atoms with E-state index in [4.69, 9.17) is 9.72 Å². The van der Waals surface area contributed by atoms with E-state index in [9.17, 15) is 4.79 Å². The molecule has 3 heterocycles. The standard InChI is InChI=1S/C22H28N4O2/c1-16(2)25-10-8-18(9-11-25)20-13-23-14-21(24-20)26-19(15-28-22(26)27)12-17-6-4-3-5-7-17/h3-7,13-14,16,18-19H,8-12,15H2,1-2H3/t19-/m1/s1. The Balaban J connectivity index is 1.50. The molecule has 6 heteroatoms. The number of cyclic esters (lactones) is 1. The first kappa shape index (κ1) is 18.9. The zero-order valence-corrected chi connectivity index (χ0v) is 16.6. The lowest BCUT2D eigenvalue weighted by molar-refractivity contribution is 0.170. The largest absolute Gasteiger partial charge is 0.447 e. The fourth-order valence-electron chi connectivity index (χ4n) is 4.17. The number of amides is 1. The van der Waals surface area contributed by atoms with Gasteiger partial charge in [-0.15, -0.1) is 0 Å². The highest BCUT2D eigenvalue weighted by atomic mass is 16.6. The van der Waals surface area contributed by atoms with Crippen LogP contribution in [0.25, 0.3) is 0 Å². The fourth-order valence-corrected chi connectivity index (χ4v) is 4.17. The zero-order chi connectivity index (χ0) is 19.5. The van der Waals surface area contributed by atoms with Crippen molar-refractivity contribution in [3.8, 4) is 0 Å². The molecule has 0 radical (unpaired) electrons. The highest BCUT2D eigenvalue weighted by molar-refractivity contribution is 5.89. The van der Waals surface area contributed by atoms with Crippen LogP contribution in [0.4, 0.5) is 10.6 Å². The molecule has 28 heavy (non-hydrogen) atoms. The number of carbonyl (C=O) groups is 1. The summed E-state index contributed by atoms with van der Waals surface area (Å²) in [6.07, 6.45) is 6.10. The second kappa shape index (κ2) is 8.27. The topological polar surface area (TPSA) is 58.6 Å². The molecule has 0 spiro atoms. The van der Waals surface area contributed by atoms with Gasteiger partial charge in [-0.3, -0.25) is 9.88 Å². The summed E-state index contributed by atoms with van der Waals surface area (Å²) < 4.78 is 5.34. The average molecular weight is 380 g/mol. The first-order chi connectivity index (χ1) is 13.6. The van der Waals surface area contributed by atoms with Gasteiger partial charge in [-0.25, -0.2) is 9.78 Å².